The molecule has 0 spiro atoms. The summed E-state index contributed by atoms with van der Waals surface area (Å²) in [5.41, 5.74) is 1.25. The Morgan fingerprint density at radius 3 is 2.21 bits per heavy atom. The summed E-state index contributed by atoms with van der Waals surface area (Å²) in [6, 6.07) is 11.2. The Hall–Kier alpha value is -3.01. The number of aromatic nitrogens is 2. The summed E-state index contributed by atoms with van der Waals surface area (Å²) < 4.78 is 73.9. The number of benzene rings is 2. The van der Waals surface area contributed by atoms with Crippen LogP contribution >= 0.6 is 0 Å². The molecule has 6 nitrogen and oxygen atoms in total. The van der Waals surface area contributed by atoms with Crippen LogP contribution in [0.15, 0.2) is 53.4 Å². The SMILES string of the molecule is Cc1nn(COc2cccc(C(F)(F)F)c2)c(C)c1NS(=O)(=O)c1ccc(C(C)(C)C)cc1. The molecular weight excluding hydrogens is 455 g/mol. The van der Waals surface area contributed by atoms with Crippen LogP contribution in [-0.2, 0) is 28.3 Å². The zero-order valence-electron chi connectivity index (χ0n) is 19.0. The molecule has 0 fully saturated rings. The van der Waals surface area contributed by atoms with Crippen LogP contribution < -0.4 is 9.46 Å². The highest BCUT2D eigenvalue weighted by molar-refractivity contribution is 7.92. The Bertz CT molecular complexity index is 1240. The molecule has 0 aliphatic carbocycles. The maximum atomic E-state index is 12.9. The molecule has 0 radical (unpaired) electrons. The first-order valence-electron chi connectivity index (χ1n) is 10.2. The van der Waals surface area contributed by atoms with Crippen molar-refractivity contribution >= 4 is 15.7 Å². The number of aryl methyl sites for hydroxylation is 1. The fourth-order valence-corrected chi connectivity index (χ4v) is 4.37. The molecule has 0 atom stereocenters. The van der Waals surface area contributed by atoms with E-state index < -0.39 is 21.8 Å². The molecule has 1 N–H and O–H groups in total. The monoisotopic (exact) mass is 481 g/mol. The number of rotatable bonds is 6. The maximum Gasteiger partial charge on any atom is 0.416 e. The standard InChI is InChI=1S/C23H26F3N3O3S/c1-15-21(28-33(30,31)20-11-9-17(10-12-20)22(3,4)5)16(2)29(27-15)14-32-19-8-6-7-18(13-19)23(24,25)26/h6-13,28H,14H2,1-5H3. The second-order valence-corrected chi connectivity index (χ2v) is 10.4. The Labute approximate surface area is 191 Å². The van der Waals surface area contributed by atoms with Crippen LogP contribution in [0, 0.1) is 13.8 Å². The molecule has 0 saturated heterocycles. The highest BCUT2D eigenvalue weighted by atomic mass is 32.2. The van der Waals surface area contributed by atoms with E-state index in [4.69, 9.17) is 4.74 Å². The van der Waals surface area contributed by atoms with E-state index in [9.17, 15) is 21.6 Å². The average Bonchev–Trinajstić information content (AvgIpc) is 2.98. The van der Waals surface area contributed by atoms with Crippen LogP contribution in [0.2, 0.25) is 0 Å². The van der Waals surface area contributed by atoms with Crippen LogP contribution in [0.3, 0.4) is 0 Å². The number of sulfonamides is 1. The normalized spacial score (nSPS) is 12.6. The average molecular weight is 482 g/mol. The van der Waals surface area contributed by atoms with Crippen LogP contribution in [-0.4, -0.2) is 18.2 Å². The predicted octanol–water partition coefficient (Wildman–Crippen LogP) is 5.65. The summed E-state index contributed by atoms with van der Waals surface area (Å²) in [6.45, 7) is 9.21. The summed E-state index contributed by atoms with van der Waals surface area (Å²) >= 11 is 0. The van der Waals surface area contributed by atoms with Crippen molar-refractivity contribution in [3.05, 3.63) is 71.0 Å². The topological polar surface area (TPSA) is 73.2 Å². The number of ether oxygens (including phenoxy) is 1. The molecule has 0 amide bonds. The molecule has 3 aromatic rings. The zero-order chi connectivity index (χ0) is 24.6. The summed E-state index contributed by atoms with van der Waals surface area (Å²) in [4.78, 5) is 0.113. The van der Waals surface area contributed by atoms with E-state index in [0.717, 1.165) is 17.7 Å². The minimum atomic E-state index is -4.48. The van der Waals surface area contributed by atoms with Gasteiger partial charge in [-0.2, -0.15) is 18.3 Å². The lowest BCUT2D eigenvalue weighted by molar-refractivity contribution is -0.137. The lowest BCUT2D eigenvalue weighted by Crippen LogP contribution is -2.16. The Morgan fingerprint density at radius 2 is 1.64 bits per heavy atom. The van der Waals surface area contributed by atoms with Gasteiger partial charge in [-0.1, -0.05) is 39.0 Å². The van der Waals surface area contributed by atoms with Crippen molar-refractivity contribution in [1.82, 2.24) is 9.78 Å². The molecule has 0 bridgehead atoms. The van der Waals surface area contributed by atoms with Crippen molar-refractivity contribution in [3.8, 4) is 5.75 Å². The molecule has 0 aliphatic heterocycles. The van der Waals surface area contributed by atoms with Crippen molar-refractivity contribution < 1.29 is 26.3 Å². The van der Waals surface area contributed by atoms with Gasteiger partial charge < -0.3 is 4.74 Å². The second kappa shape index (κ2) is 8.74. The molecule has 10 heteroatoms. The molecule has 0 aliphatic rings. The van der Waals surface area contributed by atoms with Gasteiger partial charge in [0.15, 0.2) is 6.73 Å². The first kappa shape index (κ1) is 24.6. The third-order valence-corrected chi connectivity index (χ3v) is 6.53. The number of hydrogen-bond donors (Lipinski definition) is 1. The van der Waals surface area contributed by atoms with Gasteiger partial charge in [0.25, 0.3) is 10.0 Å². The minimum absolute atomic E-state index is 0.0263. The van der Waals surface area contributed by atoms with E-state index in [0.29, 0.717) is 17.1 Å². The molecule has 0 saturated carbocycles. The number of nitrogens with one attached hydrogen (secondary N) is 1. The third-order valence-electron chi connectivity index (χ3n) is 5.16. The molecule has 1 aromatic heterocycles. The van der Waals surface area contributed by atoms with Gasteiger partial charge in [0, 0.05) is 0 Å². The first-order valence-corrected chi connectivity index (χ1v) is 11.6. The predicted molar refractivity (Wildman–Crippen MR) is 120 cm³/mol. The number of hydrogen-bond acceptors (Lipinski definition) is 4. The molecule has 3 rings (SSSR count). The Morgan fingerprint density at radius 1 is 1.00 bits per heavy atom. The van der Waals surface area contributed by atoms with Crippen LogP contribution in [0.1, 0.15) is 43.3 Å². The van der Waals surface area contributed by atoms with Gasteiger partial charge in [-0.05, 0) is 55.2 Å². The van der Waals surface area contributed by atoms with E-state index in [2.05, 4.69) is 9.82 Å². The third kappa shape index (κ3) is 5.68. The Kier molecular flexibility index (Phi) is 6.52. The second-order valence-electron chi connectivity index (χ2n) is 8.72. The van der Waals surface area contributed by atoms with Crippen LogP contribution in [0.5, 0.6) is 5.75 Å². The van der Waals surface area contributed by atoms with E-state index in [1.165, 1.54) is 16.8 Å². The van der Waals surface area contributed by atoms with Gasteiger partial charge in [0.2, 0.25) is 0 Å². The summed E-state index contributed by atoms with van der Waals surface area (Å²) in [6.07, 6.45) is -4.48. The molecule has 33 heavy (non-hydrogen) atoms. The molecular formula is C23H26F3N3O3S. The fourth-order valence-electron chi connectivity index (χ4n) is 3.20. The van der Waals surface area contributed by atoms with E-state index >= 15 is 0 Å². The molecule has 178 valence electrons. The van der Waals surface area contributed by atoms with E-state index in [-0.39, 0.29) is 22.8 Å². The lowest BCUT2D eigenvalue weighted by atomic mass is 9.87. The minimum Gasteiger partial charge on any atom is -0.471 e. The zero-order valence-corrected chi connectivity index (χ0v) is 19.8. The largest absolute Gasteiger partial charge is 0.471 e. The number of alkyl halides is 3. The van der Waals surface area contributed by atoms with Gasteiger partial charge in [-0.15, -0.1) is 0 Å². The molecule has 0 unspecified atom stereocenters. The lowest BCUT2D eigenvalue weighted by Gasteiger charge is -2.19. The van der Waals surface area contributed by atoms with E-state index in [1.54, 1.807) is 38.1 Å². The molecule has 2 aromatic carbocycles. The van der Waals surface area contributed by atoms with Crippen LogP contribution in [0.4, 0.5) is 18.9 Å². The van der Waals surface area contributed by atoms with Crippen molar-refractivity contribution in [2.24, 2.45) is 0 Å². The van der Waals surface area contributed by atoms with Gasteiger partial charge in [0.1, 0.15) is 5.75 Å². The number of halogens is 3. The number of nitrogens with zero attached hydrogens (tertiary/aromatic N) is 2. The van der Waals surface area contributed by atoms with Crippen molar-refractivity contribution in [2.45, 2.75) is 57.8 Å². The van der Waals surface area contributed by atoms with Crippen molar-refractivity contribution in [2.75, 3.05) is 4.72 Å². The number of anilines is 1. The van der Waals surface area contributed by atoms with Crippen LogP contribution in [0.25, 0.3) is 0 Å². The highest BCUT2D eigenvalue weighted by Crippen LogP contribution is 2.31. The Balaban J connectivity index is 1.78. The smallest absolute Gasteiger partial charge is 0.416 e. The molecule has 1 heterocycles. The maximum absolute atomic E-state index is 12.9. The van der Waals surface area contributed by atoms with Crippen molar-refractivity contribution in [3.63, 3.8) is 0 Å². The summed E-state index contributed by atoms with van der Waals surface area (Å²) in [5.74, 6) is 0.0263. The highest BCUT2D eigenvalue weighted by Gasteiger charge is 2.30. The quantitative estimate of drug-likeness (QED) is 0.494. The summed E-state index contributed by atoms with van der Waals surface area (Å²) in [5, 5.41) is 4.26. The first-order chi connectivity index (χ1) is 15.2. The van der Waals surface area contributed by atoms with Gasteiger partial charge >= 0.3 is 6.18 Å². The van der Waals surface area contributed by atoms with E-state index in [1.807, 2.05) is 20.8 Å². The van der Waals surface area contributed by atoms with Gasteiger partial charge in [0.05, 0.1) is 27.5 Å². The van der Waals surface area contributed by atoms with Gasteiger partial charge in [-0.3, -0.25) is 4.72 Å². The fraction of sp³-hybridized carbons (Fsp3) is 0.348. The summed E-state index contributed by atoms with van der Waals surface area (Å²) in [7, 11) is -3.87. The van der Waals surface area contributed by atoms with Crippen molar-refractivity contribution in [1.29, 1.82) is 0 Å². The van der Waals surface area contributed by atoms with Gasteiger partial charge in [-0.25, -0.2) is 13.1 Å².